The number of carbonyl (C=O) groups is 1. The van der Waals surface area contributed by atoms with Gasteiger partial charge in [-0.05, 0) is 37.3 Å². The molecule has 2 aromatic carbocycles. The van der Waals surface area contributed by atoms with Crippen molar-refractivity contribution in [2.24, 2.45) is 12.1 Å². The van der Waals surface area contributed by atoms with Gasteiger partial charge in [0.1, 0.15) is 5.75 Å². The van der Waals surface area contributed by atoms with Gasteiger partial charge in [0.25, 0.3) is 5.91 Å². The molecule has 3 rings (SSSR count). The Morgan fingerprint density at radius 1 is 1.17 bits per heavy atom. The number of nitrogens with zero attached hydrogens (tertiary/aromatic N) is 2. The van der Waals surface area contributed by atoms with Crippen molar-refractivity contribution in [2.45, 2.75) is 6.92 Å². The smallest absolute Gasteiger partial charge is 0.271 e. The lowest BCUT2D eigenvalue weighted by molar-refractivity contribution is 0.0955. The molecule has 1 N–H and O–H groups in total. The van der Waals surface area contributed by atoms with Crippen LogP contribution < -0.4 is 10.2 Å². The van der Waals surface area contributed by atoms with Crippen molar-refractivity contribution in [1.82, 2.24) is 9.99 Å². The predicted molar refractivity (Wildman–Crippen MR) is 95.7 cm³/mol. The number of hydrogen-bond donors (Lipinski definition) is 1. The minimum absolute atomic E-state index is 0.258. The van der Waals surface area contributed by atoms with Gasteiger partial charge in [0.2, 0.25) is 0 Å². The maximum atomic E-state index is 12.1. The predicted octanol–water partition coefficient (Wildman–Crippen LogP) is 3.26. The molecule has 1 amide bonds. The fourth-order valence-electron chi connectivity index (χ4n) is 2.68. The average Bonchev–Trinajstić information content (AvgIpc) is 2.87. The van der Waals surface area contributed by atoms with Gasteiger partial charge >= 0.3 is 0 Å². The molecule has 0 radical (unpaired) electrons. The Hall–Kier alpha value is -3.08. The largest absolute Gasteiger partial charge is 0.497 e. The van der Waals surface area contributed by atoms with Crippen LogP contribution in [0, 0.1) is 6.92 Å². The number of methoxy groups -OCH3 is 1. The molecule has 3 aromatic rings. The Bertz CT molecular complexity index is 908. The van der Waals surface area contributed by atoms with Crippen LogP contribution >= 0.6 is 0 Å². The van der Waals surface area contributed by atoms with Gasteiger partial charge in [-0.1, -0.05) is 18.2 Å². The van der Waals surface area contributed by atoms with E-state index < -0.39 is 0 Å². The van der Waals surface area contributed by atoms with E-state index in [1.54, 1.807) is 37.6 Å². The van der Waals surface area contributed by atoms with Crippen LogP contribution in [0.5, 0.6) is 5.75 Å². The number of carbonyl (C=O) groups excluding carboxylic acids is 1. The van der Waals surface area contributed by atoms with E-state index in [1.807, 2.05) is 26.1 Å². The van der Waals surface area contributed by atoms with Gasteiger partial charge in [-0.15, -0.1) is 0 Å². The molecule has 0 aliphatic rings. The Labute approximate surface area is 140 Å². The van der Waals surface area contributed by atoms with Crippen molar-refractivity contribution in [3.8, 4) is 5.75 Å². The van der Waals surface area contributed by atoms with E-state index in [0.29, 0.717) is 11.3 Å². The highest BCUT2D eigenvalue weighted by molar-refractivity contribution is 6.02. The van der Waals surface area contributed by atoms with Crippen LogP contribution in [0.2, 0.25) is 0 Å². The first-order chi connectivity index (χ1) is 11.6. The number of nitrogens with one attached hydrogen (secondary N) is 1. The van der Waals surface area contributed by atoms with E-state index in [9.17, 15) is 4.79 Å². The number of rotatable bonds is 4. The molecule has 0 fully saturated rings. The molecule has 0 bridgehead atoms. The number of benzene rings is 2. The molecule has 5 nitrogen and oxygen atoms in total. The molecule has 0 spiro atoms. The second kappa shape index (κ2) is 6.58. The highest BCUT2D eigenvalue weighted by Crippen LogP contribution is 2.23. The monoisotopic (exact) mass is 321 g/mol. The molecule has 24 heavy (non-hydrogen) atoms. The van der Waals surface area contributed by atoms with Crippen molar-refractivity contribution < 1.29 is 9.53 Å². The van der Waals surface area contributed by atoms with Crippen LogP contribution in [0.15, 0.2) is 53.6 Å². The summed E-state index contributed by atoms with van der Waals surface area (Å²) in [6, 6.07) is 15.0. The maximum absolute atomic E-state index is 12.1. The van der Waals surface area contributed by atoms with Crippen molar-refractivity contribution in [3.05, 3.63) is 65.4 Å². The summed E-state index contributed by atoms with van der Waals surface area (Å²) < 4.78 is 7.19. The number of amides is 1. The molecule has 0 saturated carbocycles. The number of aryl methyl sites for hydroxylation is 1. The second-order valence-electron chi connectivity index (χ2n) is 5.50. The Kier molecular flexibility index (Phi) is 4.33. The SMILES string of the molecule is COc1ccc(C(=O)N/N=C/c2c(C)n(C)c3ccccc23)cc1. The fourth-order valence-corrected chi connectivity index (χ4v) is 2.68. The number of aromatic nitrogens is 1. The van der Waals surface area contributed by atoms with E-state index in [-0.39, 0.29) is 5.91 Å². The van der Waals surface area contributed by atoms with Crippen molar-refractivity contribution in [1.29, 1.82) is 0 Å². The van der Waals surface area contributed by atoms with Crippen molar-refractivity contribution >= 4 is 23.0 Å². The Balaban J connectivity index is 1.79. The molecule has 1 aromatic heterocycles. The van der Waals surface area contributed by atoms with E-state index in [0.717, 1.165) is 22.2 Å². The minimum atomic E-state index is -0.258. The summed E-state index contributed by atoms with van der Waals surface area (Å²) >= 11 is 0. The number of fused-ring (bicyclic) bond motifs is 1. The third-order valence-electron chi connectivity index (χ3n) is 4.16. The number of ether oxygens (including phenoxy) is 1. The molecule has 122 valence electrons. The van der Waals surface area contributed by atoms with Gasteiger partial charge in [-0.3, -0.25) is 4.79 Å². The van der Waals surface area contributed by atoms with Gasteiger partial charge in [0, 0.05) is 34.8 Å². The summed E-state index contributed by atoms with van der Waals surface area (Å²) in [6.45, 7) is 2.03. The van der Waals surface area contributed by atoms with Crippen LogP contribution in [0.25, 0.3) is 10.9 Å². The quantitative estimate of drug-likeness (QED) is 0.592. The normalized spacial score (nSPS) is 11.1. The molecular formula is C19H19N3O2. The summed E-state index contributed by atoms with van der Waals surface area (Å²) in [5, 5.41) is 5.23. The van der Waals surface area contributed by atoms with E-state index >= 15 is 0 Å². The first kappa shape index (κ1) is 15.8. The van der Waals surface area contributed by atoms with Crippen molar-refractivity contribution in [3.63, 3.8) is 0 Å². The molecule has 0 aliphatic carbocycles. The van der Waals surface area contributed by atoms with Gasteiger partial charge in [0.15, 0.2) is 0 Å². The first-order valence-corrected chi connectivity index (χ1v) is 7.63. The average molecular weight is 321 g/mol. The topological polar surface area (TPSA) is 55.6 Å². The summed E-state index contributed by atoms with van der Waals surface area (Å²) in [7, 11) is 3.61. The lowest BCUT2D eigenvalue weighted by Gasteiger charge is -2.02. The van der Waals surface area contributed by atoms with E-state index in [4.69, 9.17) is 4.74 Å². The van der Waals surface area contributed by atoms with Gasteiger partial charge in [-0.2, -0.15) is 5.10 Å². The van der Waals surface area contributed by atoms with Crippen LogP contribution in [0.3, 0.4) is 0 Å². The van der Waals surface area contributed by atoms with Crippen LogP contribution in [-0.2, 0) is 7.05 Å². The van der Waals surface area contributed by atoms with Gasteiger partial charge in [0.05, 0.1) is 13.3 Å². The summed E-state index contributed by atoms with van der Waals surface area (Å²) in [4.78, 5) is 12.1. The van der Waals surface area contributed by atoms with Crippen LogP contribution in [0.4, 0.5) is 0 Å². The lowest BCUT2D eigenvalue weighted by atomic mass is 10.1. The summed E-state index contributed by atoms with van der Waals surface area (Å²) in [5.74, 6) is 0.452. The minimum Gasteiger partial charge on any atom is -0.497 e. The third-order valence-corrected chi connectivity index (χ3v) is 4.16. The molecule has 5 heteroatoms. The van der Waals surface area contributed by atoms with Crippen molar-refractivity contribution in [2.75, 3.05) is 7.11 Å². The first-order valence-electron chi connectivity index (χ1n) is 7.63. The maximum Gasteiger partial charge on any atom is 0.271 e. The van der Waals surface area contributed by atoms with E-state index in [2.05, 4.69) is 27.2 Å². The lowest BCUT2D eigenvalue weighted by Crippen LogP contribution is -2.17. The zero-order valence-corrected chi connectivity index (χ0v) is 13.9. The zero-order valence-electron chi connectivity index (χ0n) is 13.9. The molecule has 0 unspecified atom stereocenters. The zero-order chi connectivity index (χ0) is 17.1. The number of hydrogen-bond acceptors (Lipinski definition) is 3. The standard InChI is InChI=1S/C19H19N3O2/c1-13-17(16-6-4-5-7-18(16)22(13)2)12-20-21-19(23)14-8-10-15(24-3)11-9-14/h4-12H,1-3H3,(H,21,23)/b20-12+. The third kappa shape index (κ3) is 2.88. The summed E-state index contributed by atoms with van der Waals surface area (Å²) in [5.41, 5.74) is 6.33. The Morgan fingerprint density at radius 2 is 1.88 bits per heavy atom. The van der Waals surface area contributed by atoms with Gasteiger partial charge < -0.3 is 9.30 Å². The fraction of sp³-hybridized carbons (Fsp3) is 0.158. The van der Waals surface area contributed by atoms with Gasteiger partial charge in [-0.25, -0.2) is 5.43 Å². The molecular weight excluding hydrogens is 302 g/mol. The molecule has 1 heterocycles. The second-order valence-corrected chi connectivity index (χ2v) is 5.50. The highest BCUT2D eigenvalue weighted by Gasteiger charge is 2.09. The summed E-state index contributed by atoms with van der Waals surface area (Å²) in [6.07, 6.45) is 1.69. The Morgan fingerprint density at radius 3 is 2.58 bits per heavy atom. The molecule has 0 atom stereocenters. The number of para-hydroxylation sites is 1. The molecule has 0 aliphatic heterocycles. The number of hydrazone groups is 1. The van der Waals surface area contributed by atoms with Crippen LogP contribution in [0.1, 0.15) is 21.6 Å². The van der Waals surface area contributed by atoms with E-state index in [1.165, 1.54) is 0 Å². The molecule has 0 saturated heterocycles. The highest BCUT2D eigenvalue weighted by atomic mass is 16.5. The van der Waals surface area contributed by atoms with Crippen LogP contribution in [-0.4, -0.2) is 23.8 Å².